The van der Waals surface area contributed by atoms with Gasteiger partial charge in [-0.05, 0) is 40.2 Å². The molecule has 154 valence electrons. The molecule has 0 aromatic carbocycles. The standard InChI is InChI=1S/C19H33N5O2.HI/c1-7-20-19(23(6)14-18(25)24(8-2)9-3)22-13-16-10-11-17(21-12-16)26-15(4)5;/h10-12,15H,7-9,13-14H2,1-6H3,(H,20,22);1H. The van der Waals surface area contributed by atoms with E-state index >= 15 is 0 Å². The summed E-state index contributed by atoms with van der Waals surface area (Å²) in [4.78, 5) is 24.9. The second kappa shape index (κ2) is 13.6. The van der Waals surface area contributed by atoms with Gasteiger partial charge in [0.05, 0.1) is 19.2 Å². The molecule has 1 aromatic rings. The second-order valence-corrected chi connectivity index (χ2v) is 6.26. The van der Waals surface area contributed by atoms with Crippen molar-refractivity contribution < 1.29 is 9.53 Å². The molecular weight excluding hydrogens is 457 g/mol. The Morgan fingerprint density at radius 2 is 1.93 bits per heavy atom. The van der Waals surface area contributed by atoms with Crippen LogP contribution in [0.4, 0.5) is 0 Å². The quantitative estimate of drug-likeness (QED) is 0.327. The topological polar surface area (TPSA) is 70.1 Å². The Hall–Kier alpha value is -1.58. The van der Waals surface area contributed by atoms with Gasteiger partial charge in [0.15, 0.2) is 5.96 Å². The average Bonchev–Trinajstić information content (AvgIpc) is 2.60. The van der Waals surface area contributed by atoms with Gasteiger partial charge in [-0.2, -0.15) is 0 Å². The maximum Gasteiger partial charge on any atom is 0.242 e. The molecule has 0 fully saturated rings. The van der Waals surface area contributed by atoms with E-state index in [0.29, 0.717) is 38.0 Å². The van der Waals surface area contributed by atoms with Crippen LogP contribution in [0.3, 0.4) is 0 Å². The first-order valence-electron chi connectivity index (χ1n) is 9.29. The Morgan fingerprint density at radius 3 is 2.41 bits per heavy atom. The predicted octanol–water partition coefficient (Wildman–Crippen LogP) is 2.75. The SMILES string of the molecule is CCNC(=NCc1ccc(OC(C)C)nc1)N(C)CC(=O)N(CC)CC.I. The largest absolute Gasteiger partial charge is 0.475 e. The summed E-state index contributed by atoms with van der Waals surface area (Å²) in [5.41, 5.74) is 0.986. The first kappa shape index (κ1) is 25.4. The Kier molecular flexibility index (Phi) is 12.8. The van der Waals surface area contributed by atoms with Gasteiger partial charge in [0, 0.05) is 38.9 Å². The summed E-state index contributed by atoms with van der Waals surface area (Å²) < 4.78 is 5.55. The zero-order chi connectivity index (χ0) is 19.5. The average molecular weight is 491 g/mol. The third kappa shape index (κ3) is 9.25. The van der Waals surface area contributed by atoms with E-state index in [1.54, 1.807) is 6.20 Å². The number of hydrogen-bond donors (Lipinski definition) is 1. The molecule has 0 atom stereocenters. The monoisotopic (exact) mass is 491 g/mol. The number of carbonyl (C=O) groups excluding carboxylic acids is 1. The molecule has 1 N–H and O–H groups in total. The molecular formula is C19H34IN5O2. The lowest BCUT2D eigenvalue weighted by Gasteiger charge is -2.25. The molecule has 0 bridgehead atoms. The van der Waals surface area contributed by atoms with Gasteiger partial charge >= 0.3 is 0 Å². The highest BCUT2D eigenvalue weighted by molar-refractivity contribution is 14.0. The molecule has 1 amide bonds. The van der Waals surface area contributed by atoms with Crippen molar-refractivity contribution in [2.24, 2.45) is 4.99 Å². The summed E-state index contributed by atoms with van der Waals surface area (Å²) in [6.07, 6.45) is 1.87. The van der Waals surface area contributed by atoms with E-state index in [9.17, 15) is 4.79 Å². The minimum Gasteiger partial charge on any atom is -0.475 e. The second-order valence-electron chi connectivity index (χ2n) is 6.26. The summed E-state index contributed by atoms with van der Waals surface area (Å²) >= 11 is 0. The fourth-order valence-corrected chi connectivity index (χ4v) is 2.41. The number of guanidine groups is 1. The van der Waals surface area contributed by atoms with Gasteiger partial charge < -0.3 is 19.9 Å². The van der Waals surface area contributed by atoms with Gasteiger partial charge in [0.25, 0.3) is 0 Å². The molecule has 7 nitrogen and oxygen atoms in total. The van der Waals surface area contributed by atoms with Crippen LogP contribution in [0.5, 0.6) is 5.88 Å². The van der Waals surface area contributed by atoms with E-state index in [-0.39, 0.29) is 36.0 Å². The first-order chi connectivity index (χ1) is 12.4. The number of amides is 1. The van der Waals surface area contributed by atoms with Crippen LogP contribution in [0, 0.1) is 0 Å². The number of likely N-dealkylation sites (N-methyl/N-ethyl adjacent to an activating group) is 2. The van der Waals surface area contributed by atoms with Gasteiger partial charge in [-0.1, -0.05) is 6.07 Å². The zero-order valence-electron chi connectivity index (χ0n) is 17.4. The molecule has 0 spiro atoms. The van der Waals surface area contributed by atoms with Crippen LogP contribution in [0.1, 0.15) is 40.2 Å². The van der Waals surface area contributed by atoms with Crippen molar-refractivity contribution in [1.29, 1.82) is 0 Å². The van der Waals surface area contributed by atoms with Crippen LogP contribution in [-0.4, -0.2) is 66.0 Å². The minimum absolute atomic E-state index is 0. The number of carbonyl (C=O) groups is 1. The van der Waals surface area contributed by atoms with E-state index in [1.165, 1.54) is 0 Å². The molecule has 1 heterocycles. The zero-order valence-corrected chi connectivity index (χ0v) is 19.7. The van der Waals surface area contributed by atoms with E-state index < -0.39 is 0 Å². The Morgan fingerprint density at radius 1 is 1.26 bits per heavy atom. The highest BCUT2D eigenvalue weighted by Crippen LogP contribution is 2.10. The summed E-state index contributed by atoms with van der Waals surface area (Å²) in [5.74, 6) is 1.41. The number of nitrogens with zero attached hydrogens (tertiary/aromatic N) is 4. The smallest absolute Gasteiger partial charge is 0.242 e. The molecule has 0 saturated heterocycles. The summed E-state index contributed by atoms with van der Waals surface area (Å²) in [6, 6.07) is 3.81. The Bertz CT molecular complexity index is 574. The van der Waals surface area contributed by atoms with Crippen LogP contribution >= 0.6 is 24.0 Å². The molecule has 0 saturated carbocycles. The van der Waals surface area contributed by atoms with E-state index in [0.717, 1.165) is 12.1 Å². The van der Waals surface area contributed by atoms with Crippen molar-refractivity contribution in [3.8, 4) is 5.88 Å². The lowest BCUT2D eigenvalue weighted by atomic mass is 10.3. The van der Waals surface area contributed by atoms with Crippen molar-refractivity contribution >= 4 is 35.8 Å². The maximum atomic E-state index is 12.3. The van der Waals surface area contributed by atoms with Crippen molar-refractivity contribution in [1.82, 2.24) is 20.1 Å². The summed E-state index contributed by atoms with van der Waals surface area (Å²) in [5, 5.41) is 3.23. The molecule has 27 heavy (non-hydrogen) atoms. The van der Waals surface area contributed by atoms with Crippen LogP contribution in [0.2, 0.25) is 0 Å². The Balaban J connectivity index is 0.00000676. The van der Waals surface area contributed by atoms with Crippen LogP contribution < -0.4 is 10.1 Å². The van der Waals surface area contributed by atoms with Crippen molar-refractivity contribution in [2.45, 2.75) is 47.3 Å². The molecule has 0 radical (unpaired) electrons. The van der Waals surface area contributed by atoms with Crippen LogP contribution in [0.25, 0.3) is 0 Å². The van der Waals surface area contributed by atoms with E-state index in [1.807, 2.05) is 63.6 Å². The summed E-state index contributed by atoms with van der Waals surface area (Å²) in [6.45, 7) is 12.9. The van der Waals surface area contributed by atoms with Gasteiger partial charge in [0.1, 0.15) is 0 Å². The molecule has 1 aromatic heterocycles. The Labute approximate surface area is 180 Å². The fourth-order valence-electron chi connectivity index (χ4n) is 2.41. The van der Waals surface area contributed by atoms with Crippen molar-refractivity contribution in [2.75, 3.05) is 33.2 Å². The number of rotatable bonds is 9. The highest BCUT2D eigenvalue weighted by Gasteiger charge is 2.15. The van der Waals surface area contributed by atoms with Gasteiger partial charge in [0.2, 0.25) is 11.8 Å². The normalized spacial score (nSPS) is 11.0. The fraction of sp³-hybridized carbons (Fsp3) is 0.632. The predicted molar refractivity (Wildman–Crippen MR) is 121 cm³/mol. The third-order valence-corrected chi connectivity index (χ3v) is 3.75. The number of hydrogen-bond acceptors (Lipinski definition) is 4. The lowest BCUT2D eigenvalue weighted by Crippen LogP contribution is -2.45. The first-order valence-corrected chi connectivity index (χ1v) is 9.29. The van der Waals surface area contributed by atoms with Crippen LogP contribution in [0.15, 0.2) is 23.3 Å². The van der Waals surface area contributed by atoms with E-state index in [4.69, 9.17) is 4.74 Å². The molecule has 1 rings (SSSR count). The number of ether oxygens (including phenoxy) is 1. The van der Waals surface area contributed by atoms with E-state index in [2.05, 4.69) is 15.3 Å². The number of halogens is 1. The van der Waals surface area contributed by atoms with Gasteiger partial charge in [-0.3, -0.25) is 4.79 Å². The number of nitrogens with one attached hydrogen (secondary N) is 1. The lowest BCUT2D eigenvalue weighted by molar-refractivity contribution is -0.131. The molecule has 8 heteroatoms. The minimum atomic E-state index is 0. The molecule has 0 aliphatic carbocycles. The number of aromatic nitrogens is 1. The number of aliphatic imine (C=N–C) groups is 1. The molecule has 0 aliphatic rings. The highest BCUT2D eigenvalue weighted by atomic mass is 127. The van der Waals surface area contributed by atoms with Crippen LogP contribution in [-0.2, 0) is 11.3 Å². The molecule has 0 unspecified atom stereocenters. The maximum absolute atomic E-state index is 12.3. The third-order valence-electron chi connectivity index (χ3n) is 3.75. The van der Waals surface area contributed by atoms with Crippen molar-refractivity contribution in [3.63, 3.8) is 0 Å². The van der Waals surface area contributed by atoms with Crippen molar-refractivity contribution in [3.05, 3.63) is 23.9 Å². The summed E-state index contributed by atoms with van der Waals surface area (Å²) in [7, 11) is 1.88. The van der Waals surface area contributed by atoms with Gasteiger partial charge in [-0.15, -0.1) is 24.0 Å². The number of pyridine rings is 1. The molecule has 0 aliphatic heterocycles. The van der Waals surface area contributed by atoms with Gasteiger partial charge in [-0.25, -0.2) is 9.98 Å².